The van der Waals surface area contributed by atoms with E-state index >= 15 is 0 Å². The minimum atomic E-state index is -3.22. The predicted octanol–water partition coefficient (Wildman–Crippen LogP) is 0.471. The number of hydrogen-bond acceptors (Lipinski definition) is 4. The monoisotopic (exact) mass is 316 g/mol. The van der Waals surface area contributed by atoms with Gasteiger partial charge in [0.2, 0.25) is 11.8 Å². The maximum atomic E-state index is 12.3. The molecule has 1 heterocycles. The number of nitrogens with zero attached hydrogens (tertiary/aromatic N) is 1. The van der Waals surface area contributed by atoms with Crippen molar-refractivity contribution in [2.45, 2.75) is 56.7 Å². The third-order valence-corrected chi connectivity index (χ3v) is 6.83. The number of carbonyl (C=O) groups excluding carboxylic acids is 2. The topological polar surface area (TPSA) is 83.6 Å². The molecule has 1 spiro atoms. The maximum Gasteiger partial charge on any atom is 0.246 e. The second-order valence-corrected chi connectivity index (χ2v) is 8.91. The Balaban J connectivity index is 2.20. The van der Waals surface area contributed by atoms with Gasteiger partial charge >= 0.3 is 0 Å². The third kappa shape index (κ3) is 3.07. The molecule has 2 aliphatic rings. The van der Waals surface area contributed by atoms with Crippen molar-refractivity contribution in [2.75, 3.05) is 18.8 Å². The summed E-state index contributed by atoms with van der Waals surface area (Å²) in [6.07, 6.45) is 4.11. The molecule has 7 heteroatoms. The molecule has 0 atom stereocenters. The molecule has 21 heavy (non-hydrogen) atoms. The highest BCUT2D eigenvalue weighted by Crippen LogP contribution is 2.35. The molecule has 0 unspecified atom stereocenters. The lowest BCUT2D eigenvalue weighted by molar-refractivity contribution is -0.155. The first-order valence-electron chi connectivity index (χ1n) is 7.60. The minimum absolute atomic E-state index is 0.0255. The van der Waals surface area contributed by atoms with Gasteiger partial charge in [-0.1, -0.05) is 19.3 Å². The van der Waals surface area contributed by atoms with Gasteiger partial charge in [-0.15, -0.1) is 0 Å². The molecule has 0 aromatic heterocycles. The zero-order valence-corrected chi connectivity index (χ0v) is 13.5. The smallest absolute Gasteiger partial charge is 0.246 e. The van der Waals surface area contributed by atoms with E-state index in [1.807, 2.05) is 0 Å². The first kappa shape index (κ1) is 16.3. The quantitative estimate of drug-likeness (QED) is 0.817. The molecule has 1 aliphatic heterocycles. The van der Waals surface area contributed by atoms with Crippen molar-refractivity contribution in [2.24, 2.45) is 0 Å². The summed E-state index contributed by atoms with van der Waals surface area (Å²) < 4.78 is 24.0. The standard InChI is InChI=1S/C14H24N2O4S/c1-11(2)21(19,20)9-8-16-12(17)10-15-13(18)14(16)6-4-3-5-7-14/h11H,3-10H2,1-2H3,(H,15,18). The normalized spacial score (nSPS) is 22.7. The summed E-state index contributed by atoms with van der Waals surface area (Å²) >= 11 is 0. The van der Waals surface area contributed by atoms with Gasteiger partial charge in [0.05, 0.1) is 17.5 Å². The number of hydrogen-bond donors (Lipinski definition) is 1. The molecule has 1 aliphatic carbocycles. The van der Waals surface area contributed by atoms with E-state index in [2.05, 4.69) is 5.32 Å². The van der Waals surface area contributed by atoms with Crippen LogP contribution in [0.15, 0.2) is 0 Å². The van der Waals surface area contributed by atoms with Crippen molar-refractivity contribution in [1.82, 2.24) is 10.2 Å². The fourth-order valence-corrected chi connectivity index (χ4v) is 4.11. The van der Waals surface area contributed by atoms with Crippen LogP contribution in [-0.2, 0) is 19.4 Å². The molecule has 2 fully saturated rings. The lowest BCUT2D eigenvalue weighted by Gasteiger charge is -2.47. The summed E-state index contributed by atoms with van der Waals surface area (Å²) in [5.41, 5.74) is -0.819. The summed E-state index contributed by atoms with van der Waals surface area (Å²) in [6, 6.07) is 0. The zero-order valence-electron chi connectivity index (χ0n) is 12.7. The lowest BCUT2D eigenvalue weighted by Crippen LogP contribution is -2.68. The summed E-state index contributed by atoms with van der Waals surface area (Å²) in [5.74, 6) is -0.370. The van der Waals surface area contributed by atoms with Crippen LogP contribution in [0.3, 0.4) is 0 Å². The van der Waals surface area contributed by atoms with E-state index in [9.17, 15) is 18.0 Å². The van der Waals surface area contributed by atoms with Gasteiger partial charge in [0.1, 0.15) is 5.54 Å². The number of carbonyl (C=O) groups is 2. The van der Waals surface area contributed by atoms with Crippen molar-refractivity contribution in [1.29, 1.82) is 0 Å². The van der Waals surface area contributed by atoms with E-state index in [0.717, 1.165) is 19.3 Å². The number of piperazine rings is 1. The molecule has 0 aromatic carbocycles. The second kappa shape index (κ2) is 5.94. The van der Waals surface area contributed by atoms with E-state index in [1.54, 1.807) is 13.8 Å². The van der Waals surface area contributed by atoms with E-state index in [-0.39, 0.29) is 30.7 Å². The molecule has 1 N–H and O–H groups in total. The predicted molar refractivity (Wildman–Crippen MR) is 79.5 cm³/mol. The highest BCUT2D eigenvalue weighted by atomic mass is 32.2. The molecule has 6 nitrogen and oxygen atoms in total. The van der Waals surface area contributed by atoms with Gasteiger partial charge < -0.3 is 10.2 Å². The SMILES string of the molecule is CC(C)S(=O)(=O)CCN1C(=O)CNC(=O)C12CCCCC2. The minimum Gasteiger partial charge on any atom is -0.345 e. The molecular formula is C14H24N2O4S. The van der Waals surface area contributed by atoms with Gasteiger partial charge in [-0.05, 0) is 26.7 Å². The molecule has 2 rings (SSSR count). The van der Waals surface area contributed by atoms with Crippen molar-refractivity contribution in [3.05, 3.63) is 0 Å². The van der Waals surface area contributed by atoms with Crippen molar-refractivity contribution < 1.29 is 18.0 Å². The van der Waals surface area contributed by atoms with Crippen LogP contribution in [0.2, 0.25) is 0 Å². The van der Waals surface area contributed by atoms with Crippen molar-refractivity contribution in [3.63, 3.8) is 0 Å². The van der Waals surface area contributed by atoms with Crippen LogP contribution in [0.1, 0.15) is 46.0 Å². The Hall–Kier alpha value is -1.11. The molecular weight excluding hydrogens is 292 g/mol. The average molecular weight is 316 g/mol. The van der Waals surface area contributed by atoms with Crippen LogP contribution in [0.25, 0.3) is 0 Å². The summed E-state index contributed by atoms with van der Waals surface area (Å²) in [7, 11) is -3.22. The van der Waals surface area contributed by atoms with Gasteiger partial charge in [-0.3, -0.25) is 9.59 Å². The Labute approximate surface area is 126 Å². The van der Waals surface area contributed by atoms with Gasteiger partial charge in [0, 0.05) is 6.54 Å². The van der Waals surface area contributed by atoms with E-state index < -0.39 is 20.6 Å². The Morgan fingerprint density at radius 2 is 1.81 bits per heavy atom. The van der Waals surface area contributed by atoms with Crippen LogP contribution >= 0.6 is 0 Å². The van der Waals surface area contributed by atoms with Gasteiger partial charge in [0.15, 0.2) is 9.84 Å². The summed E-state index contributed by atoms with van der Waals surface area (Å²) in [6.45, 7) is 3.36. The molecule has 1 saturated carbocycles. The lowest BCUT2D eigenvalue weighted by atomic mass is 9.78. The van der Waals surface area contributed by atoms with Crippen LogP contribution in [0.4, 0.5) is 0 Å². The Morgan fingerprint density at radius 3 is 2.38 bits per heavy atom. The van der Waals surface area contributed by atoms with Crippen LogP contribution in [-0.4, -0.2) is 54.8 Å². The zero-order chi connectivity index (χ0) is 15.7. The van der Waals surface area contributed by atoms with Crippen molar-refractivity contribution in [3.8, 4) is 0 Å². The fourth-order valence-electron chi connectivity index (χ4n) is 3.20. The van der Waals surface area contributed by atoms with Crippen LogP contribution in [0.5, 0.6) is 0 Å². The maximum absolute atomic E-state index is 12.3. The Kier molecular flexibility index (Phi) is 4.60. The summed E-state index contributed by atoms with van der Waals surface area (Å²) in [4.78, 5) is 26.1. The Morgan fingerprint density at radius 1 is 1.19 bits per heavy atom. The first-order valence-corrected chi connectivity index (χ1v) is 9.31. The second-order valence-electron chi connectivity index (χ2n) is 6.24. The molecule has 1 saturated heterocycles. The average Bonchev–Trinajstić information content (AvgIpc) is 2.44. The molecule has 0 radical (unpaired) electrons. The highest BCUT2D eigenvalue weighted by molar-refractivity contribution is 7.92. The number of sulfone groups is 1. The number of rotatable bonds is 4. The number of nitrogens with one attached hydrogen (secondary N) is 1. The largest absolute Gasteiger partial charge is 0.345 e. The van der Waals surface area contributed by atoms with Crippen LogP contribution in [0, 0.1) is 0 Å². The van der Waals surface area contributed by atoms with E-state index in [0.29, 0.717) is 12.8 Å². The molecule has 0 bridgehead atoms. The van der Waals surface area contributed by atoms with Crippen molar-refractivity contribution >= 4 is 21.7 Å². The number of amides is 2. The van der Waals surface area contributed by atoms with Gasteiger partial charge in [-0.25, -0.2) is 8.42 Å². The van der Waals surface area contributed by atoms with E-state index in [1.165, 1.54) is 4.90 Å². The summed E-state index contributed by atoms with van der Waals surface area (Å²) in [5, 5.41) is 2.20. The van der Waals surface area contributed by atoms with Crippen LogP contribution < -0.4 is 5.32 Å². The van der Waals surface area contributed by atoms with Gasteiger partial charge in [0.25, 0.3) is 0 Å². The van der Waals surface area contributed by atoms with Gasteiger partial charge in [-0.2, -0.15) is 0 Å². The fraction of sp³-hybridized carbons (Fsp3) is 0.857. The molecule has 2 amide bonds. The van der Waals surface area contributed by atoms with E-state index in [4.69, 9.17) is 0 Å². The molecule has 120 valence electrons. The third-order valence-electron chi connectivity index (χ3n) is 4.64. The Bertz CT molecular complexity index is 521. The molecule has 0 aromatic rings. The highest BCUT2D eigenvalue weighted by Gasteiger charge is 2.49. The first-order chi connectivity index (χ1) is 9.79.